The summed E-state index contributed by atoms with van der Waals surface area (Å²) in [7, 11) is 3.12. The van der Waals surface area contributed by atoms with Gasteiger partial charge >= 0.3 is 0 Å². The molecule has 0 radical (unpaired) electrons. The Kier molecular flexibility index (Phi) is 3.81. The van der Waals surface area contributed by atoms with E-state index in [-0.39, 0.29) is 11.9 Å². The van der Waals surface area contributed by atoms with Crippen molar-refractivity contribution >= 4 is 0 Å². The lowest BCUT2D eigenvalue weighted by atomic mass is 9.94. The van der Waals surface area contributed by atoms with Crippen molar-refractivity contribution < 1.29 is 24.4 Å². The van der Waals surface area contributed by atoms with Crippen molar-refractivity contribution in [3.8, 4) is 23.0 Å². The smallest absolute Gasteiger partial charge is 0.133 e. The van der Waals surface area contributed by atoms with Crippen molar-refractivity contribution in [3.63, 3.8) is 0 Å². The number of benzene rings is 2. The molecule has 1 heterocycles. The molecule has 0 unspecified atom stereocenters. The van der Waals surface area contributed by atoms with Gasteiger partial charge in [0.15, 0.2) is 0 Å². The molecule has 3 rings (SSSR count). The molecule has 5 nitrogen and oxygen atoms in total. The van der Waals surface area contributed by atoms with Gasteiger partial charge in [-0.05, 0) is 17.7 Å². The summed E-state index contributed by atoms with van der Waals surface area (Å²) in [6, 6.07) is 10.3. The fourth-order valence-corrected chi connectivity index (χ4v) is 2.70. The zero-order chi connectivity index (χ0) is 15.7. The molecular formula is C17H18O5. The summed E-state index contributed by atoms with van der Waals surface area (Å²) in [5.74, 6) is 1.90. The number of fused-ring (bicyclic) bond motifs is 1. The van der Waals surface area contributed by atoms with Crippen molar-refractivity contribution in [2.75, 3.05) is 14.2 Å². The van der Waals surface area contributed by atoms with Crippen LogP contribution in [0.15, 0.2) is 36.4 Å². The van der Waals surface area contributed by atoms with Crippen LogP contribution in [0.3, 0.4) is 0 Å². The number of hydrogen-bond acceptors (Lipinski definition) is 5. The summed E-state index contributed by atoms with van der Waals surface area (Å²) in [5, 5.41) is 19.9. The Balaban J connectivity index is 1.99. The molecule has 2 N–H and O–H groups in total. The molecule has 0 saturated carbocycles. The van der Waals surface area contributed by atoms with E-state index in [1.165, 1.54) is 0 Å². The van der Waals surface area contributed by atoms with E-state index in [2.05, 4.69) is 0 Å². The Morgan fingerprint density at radius 1 is 1.09 bits per heavy atom. The molecule has 2 atom stereocenters. The highest BCUT2D eigenvalue weighted by atomic mass is 16.5. The average molecular weight is 302 g/mol. The molecule has 0 bridgehead atoms. The summed E-state index contributed by atoms with van der Waals surface area (Å²) in [6.07, 6.45) is -0.566. The summed E-state index contributed by atoms with van der Waals surface area (Å²) in [6.45, 7) is 0. The van der Waals surface area contributed by atoms with Crippen molar-refractivity contribution in [1.29, 1.82) is 0 Å². The van der Waals surface area contributed by atoms with Gasteiger partial charge in [0, 0.05) is 18.6 Å². The van der Waals surface area contributed by atoms with Gasteiger partial charge < -0.3 is 24.4 Å². The maximum atomic E-state index is 10.5. The van der Waals surface area contributed by atoms with Gasteiger partial charge in [-0.1, -0.05) is 12.1 Å². The van der Waals surface area contributed by atoms with E-state index in [1.807, 2.05) is 0 Å². The number of rotatable bonds is 3. The lowest BCUT2D eigenvalue weighted by Gasteiger charge is -2.31. The molecule has 0 spiro atoms. The molecule has 22 heavy (non-hydrogen) atoms. The molecule has 0 amide bonds. The molecule has 116 valence electrons. The van der Waals surface area contributed by atoms with Gasteiger partial charge in [-0.25, -0.2) is 0 Å². The summed E-state index contributed by atoms with van der Waals surface area (Å²) < 4.78 is 16.6. The minimum absolute atomic E-state index is 0.198. The van der Waals surface area contributed by atoms with E-state index in [9.17, 15) is 10.2 Å². The quantitative estimate of drug-likeness (QED) is 0.912. The third-order valence-corrected chi connectivity index (χ3v) is 3.84. The van der Waals surface area contributed by atoms with Gasteiger partial charge in [-0.15, -0.1) is 0 Å². The fourth-order valence-electron chi connectivity index (χ4n) is 2.70. The lowest BCUT2D eigenvalue weighted by Crippen LogP contribution is -2.19. The van der Waals surface area contributed by atoms with Crippen LogP contribution >= 0.6 is 0 Å². The zero-order valence-electron chi connectivity index (χ0n) is 12.4. The van der Waals surface area contributed by atoms with Crippen molar-refractivity contribution in [1.82, 2.24) is 0 Å². The van der Waals surface area contributed by atoms with Crippen molar-refractivity contribution in [2.45, 2.75) is 18.6 Å². The first-order valence-electron chi connectivity index (χ1n) is 7.02. The molecule has 5 heteroatoms. The van der Waals surface area contributed by atoms with Crippen LogP contribution in [0.1, 0.15) is 29.8 Å². The van der Waals surface area contributed by atoms with Crippen LogP contribution in [-0.4, -0.2) is 24.4 Å². The third-order valence-electron chi connectivity index (χ3n) is 3.84. The number of phenols is 1. The fraction of sp³-hybridized carbons (Fsp3) is 0.294. The predicted molar refractivity (Wildman–Crippen MR) is 80.6 cm³/mol. The number of methoxy groups -OCH3 is 2. The lowest BCUT2D eigenvalue weighted by molar-refractivity contribution is 0.0630. The van der Waals surface area contributed by atoms with Gasteiger partial charge in [0.05, 0.1) is 25.9 Å². The van der Waals surface area contributed by atoms with Gasteiger partial charge in [0.2, 0.25) is 0 Å². The predicted octanol–water partition coefficient (Wildman–Crippen LogP) is 2.97. The van der Waals surface area contributed by atoms with Crippen LogP contribution in [-0.2, 0) is 0 Å². The number of aliphatic hydroxyl groups excluding tert-OH is 1. The van der Waals surface area contributed by atoms with Crippen LogP contribution in [0.2, 0.25) is 0 Å². The molecule has 0 aliphatic carbocycles. The zero-order valence-corrected chi connectivity index (χ0v) is 12.4. The molecule has 1 aliphatic heterocycles. The van der Waals surface area contributed by atoms with E-state index in [4.69, 9.17) is 14.2 Å². The van der Waals surface area contributed by atoms with Crippen LogP contribution in [0.5, 0.6) is 23.0 Å². The molecule has 1 aliphatic rings. The number of phenolic OH excluding ortho intramolecular Hbond substituents is 1. The van der Waals surface area contributed by atoms with Crippen molar-refractivity contribution in [3.05, 3.63) is 47.5 Å². The third kappa shape index (κ3) is 2.55. The molecule has 0 saturated heterocycles. The monoisotopic (exact) mass is 302 g/mol. The molecular weight excluding hydrogens is 284 g/mol. The number of hydrogen-bond donors (Lipinski definition) is 2. The first kappa shape index (κ1) is 14.5. The second kappa shape index (κ2) is 5.77. The SMILES string of the molecule is COc1cc(OC)c2c(c1)O[C@H](c1ccc(O)cc1)C[C@@H]2O. The summed E-state index contributed by atoms with van der Waals surface area (Å²) in [4.78, 5) is 0. The number of aliphatic hydroxyl groups is 1. The van der Waals surface area contributed by atoms with Gasteiger partial charge in [-0.3, -0.25) is 0 Å². The van der Waals surface area contributed by atoms with E-state index in [0.717, 1.165) is 5.56 Å². The Morgan fingerprint density at radius 3 is 2.45 bits per heavy atom. The van der Waals surface area contributed by atoms with E-state index < -0.39 is 6.10 Å². The standard InChI is InChI=1S/C17H18O5/c1-20-12-7-15(21-2)17-13(19)9-14(22-16(17)8-12)10-3-5-11(18)6-4-10/h3-8,13-14,18-19H,9H2,1-2H3/t13-,14-/m0/s1. The highest BCUT2D eigenvalue weighted by Crippen LogP contribution is 2.47. The molecule has 2 aromatic rings. The number of ether oxygens (including phenoxy) is 3. The van der Waals surface area contributed by atoms with E-state index >= 15 is 0 Å². The van der Waals surface area contributed by atoms with E-state index in [1.54, 1.807) is 50.6 Å². The Hall–Kier alpha value is -2.40. The number of aromatic hydroxyl groups is 1. The van der Waals surface area contributed by atoms with Crippen LogP contribution in [0.25, 0.3) is 0 Å². The highest BCUT2D eigenvalue weighted by molar-refractivity contribution is 5.53. The normalized spacial score (nSPS) is 20.0. The first-order valence-corrected chi connectivity index (χ1v) is 7.02. The topological polar surface area (TPSA) is 68.2 Å². The highest BCUT2D eigenvalue weighted by Gasteiger charge is 2.31. The Bertz CT molecular complexity index is 665. The van der Waals surface area contributed by atoms with E-state index in [0.29, 0.717) is 29.2 Å². The second-order valence-corrected chi connectivity index (χ2v) is 5.19. The van der Waals surface area contributed by atoms with Crippen LogP contribution < -0.4 is 14.2 Å². The minimum Gasteiger partial charge on any atom is -0.508 e. The van der Waals surface area contributed by atoms with Gasteiger partial charge in [-0.2, -0.15) is 0 Å². The van der Waals surface area contributed by atoms with Crippen LogP contribution in [0.4, 0.5) is 0 Å². The van der Waals surface area contributed by atoms with Gasteiger partial charge in [0.25, 0.3) is 0 Å². The van der Waals surface area contributed by atoms with Crippen molar-refractivity contribution in [2.24, 2.45) is 0 Å². The Labute approximate surface area is 128 Å². The van der Waals surface area contributed by atoms with Gasteiger partial charge in [0.1, 0.15) is 29.1 Å². The second-order valence-electron chi connectivity index (χ2n) is 5.19. The summed E-state index contributed by atoms with van der Waals surface area (Å²) in [5.41, 5.74) is 1.53. The first-order chi connectivity index (χ1) is 10.6. The average Bonchev–Trinajstić information content (AvgIpc) is 2.54. The largest absolute Gasteiger partial charge is 0.508 e. The molecule has 0 fully saturated rings. The minimum atomic E-state index is -0.691. The molecule has 0 aromatic heterocycles. The molecule has 2 aromatic carbocycles. The summed E-state index contributed by atoms with van der Waals surface area (Å²) >= 11 is 0. The maximum Gasteiger partial charge on any atom is 0.133 e. The Morgan fingerprint density at radius 2 is 1.82 bits per heavy atom. The maximum absolute atomic E-state index is 10.5. The van der Waals surface area contributed by atoms with Crippen LogP contribution in [0, 0.1) is 0 Å².